The Morgan fingerprint density at radius 3 is 2.50 bits per heavy atom. The van der Waals surface area contributed by atoms with Crippen molar-refractivity contribution >= 4 is 17.3 Å². The van der Waals surface area contributed by atoms with E-state index in [1.54, 1.807) is 0 Å². The summed E-state index contributed by atoms with van der Waals surface area (Å²) in [6.45, 7) is 4.78. The van der Waals surface area contributed by atoms with E-state index < -0.39 is 0 Å². The summed E-state index contributed by atoms with van der Waals surface area (Å²) < 4.78 is 0. The van der Waals surface area contributed by atoms with Crippen molar-refractivity contribution in [3.63, 3.8) is 0 Å². The summed E-state index contributed by atoms with van der Waals surface area (Å²) >= 11 is 0. The molecule has 0 radical (unpaired) electrons. The molecule has 4 rings (SSSR count). The lowest BCUT2D eigenvalue weighted by Crippen LogP contribution is -2.47. The number of carbonyl (C=O) groups is 1. The predicted octanol–water partition coefficient (Wildman–Crippen LogP) is 3.06. The number of rotatable bonds is 5. The fourth-order valence-corrected chi connectivity index (χ4v) is 4.03. The lowest BCUT2D eigenvalue weighted by atomic mass is 9.90. The Balaban J connectivity index is 1.23. The molecule has 0 saturated carbocycles. The number of hydrogen-bond donors (Lipinski definition) is 1. The minimum absolute atomic E-state index is 0.000966. The van der Waals surface area contributed by atoms with Crippen molar-refractivity contribution in [2.45, 2.75) is 25.7 Å². The highest BCUT2D eigenvalue weighted by molar-refractivity contribution is 6.03. The maximum atomic E-state index is 12.3. The number of nitrogens with one attached hydrogen (secondary N) is 1. The van der Waals surface area contributed by atoms with Crippen molar-refractivity contribution < 1.29 is 4.79 Å². The SMILES string of the molecule is O=C(CCN1CCN(c2ccccc2)CC1)N/N=C1\CCCc2ccccc21. The van der Waals surface area contributed by atoms with Crippen LogP contribution in [0.15, 0.2) is 59.7 Å². The van der Waals surface area contributed by atoms with Gasteiger partial charge < -0.3 is 4.90 Å². The van der Waals surface area contributed by atoms with Gasteiger partial charge >= 0.3 is 0 Å². The smallest absolute Gasteiger partial charge is 0.241 e. The molecule has 2 aliphatic rings. The first-order valence-electron chi connectivity index (χ1n) is 10.3. The van der Waals surface area contributed by atoms with Crippen molar-refractivity contribution in [1.82, 2.24) is 10.3 Å². The first-order valence-corrected chi connectivity index (χ1v) is 10.3. The van der Waals surface area contributed by atoms with Crippen molar-refractivity contribution in [1.29, 1.82) is 0 Å². The number of aryl methyl sites for hydroxylation is 1. The number of amides is 1. The summed E-state index contributed by atoms with van der Waals surface area (Å²) in [5.74, 6) is 0.000966. The minimum Gasteiger partial charge on any atom is -0.369 e. The van der Waals surface area contributed by atoms with E-state index >= 15 is 0 Å². The van der Waals surface area contributed by atoms with Crippen LogP contribution in [-0.4, -0.2) is 49.2 Å². The van der Waals surface area contributed by atoms with Crippen molar-refractivity contribution in [2.24, 2.45) is 5.10 Å². The van der Waals surface area contributed by atoms with Gasteiger partial charge in [-0.1, -0.05) is 42.5 Å². The van der Waals surface area contributed by atoms with Gasteiger partial charge in [0.1, 0.15) is 0 Å². The van der Waals surface area contributed by atoms with E-state index in [0.29, 0.717) is 6.42 Å². The summed E-state index contributed by atoms with van der Waals surface area (Å²) in [7, 11) is 0. The second-order valence-electron chi connectivity index (χ2n) is 7.52. The minimum atomic E-state index is 0.000966. The number of benzene rings is 2. The number of para-hydroxylation sites is 1. The molecule has 0 bridgehead atoms. The Morgan fingerprint density at radius 1 is 0.929 bits per heavy atom. The molecule has 1 aliphatic carbocycles. The highest BCUT2D eigenvalue weighted by Crippen LogP contribution is 2.21. The van der Waals surface area contributed by atoms with Crippen molar-refractivity contribution in [2.75, 3.05) is 37.6 Å². The fourth-order valence-electron chi connectivity index (χ4n) is 4.03. The van der Waals surface area contributed by atoms with Gasteiger partial charge in [-0.05, 0) is 37.0 Å². The molecule has 0 unspecified atom stereocenters. The Bertz CT molecular complexity index is 826. The molecule has 1 fully saturated rings. The fraction of sp³-hybridized carbons (Fsp3) is 0.391. The summed E-state index contributed by atoms with van der Waals surface area (Å²) in [5.41, 5.74) is 7.58. The van der Waals surface area contributed by atoms with Crippen LogP contribution in [0.3, 0.4) is 0 Å². The van der Waals surface area contributed by atoms with E-state index in [0.717, 1.165) is 57.7 Å². The standard InChI is InChI=1S/C23H28N4O/c28-23(25-24-22-12-6-8-19-7-4-5-11-21(19)22)13-14-26-15-17-27(18-16-26)20-9-2-1-3-10-20/h1-5,7,9-11H,6,8,12-18H2,(H,25,28)/b24-22+. The molecule has 5 heteroatoms. The Labute approximate surface area is 167 Å². The number of hydrogen-bond acceptors (Lipinski definition) is 4. The molecule has 0 aromatic heterocycles. The second kappa shape index (κ2) is 9.02. The molecule has 1 amide bonds. The van der Waals surface area contributed by atoms with Crippen LogP contribution in [0.2, 0.25) is 0 Å². The van der Waals surface area contributed by atoms with Crippen LogP contribution >= 0.6 is 0 Å². The summed E-state index contributed by atoms with van der Waals surface area (Å²) in [5, 5.41) is 4.43. The number of nitrogens with zero attached hydrogens (tertiary/aromatic N) is 3. The highest BCUT2D eigenvalue weighted by Gasteiger charge is 2.18. The van der Waals surface area contributed by atoms with E-state index in [9.17, 15) is 4.79 Å². The molecule has 146 valence electrons. The van der Waals surface area contributed by atoms with Crippen LogP contribution < -0.4 is 10.3 Å². The van der Waals surface area contributed by atoms with Crippen LogP contribution in [0, 0.1) is 0 Å². The topological polar surface area (TPSA) is 47.9 Å². The second-order valence-corrected chi connectivity index (χ2v) is 7.52. The molecular weight excluding hydrogens is 348 g/mol. The summed E-state index contributed by atoms with van der Waals surface area (Å²) in [6.07, 6.45) is 3.61. The normalized spacial score (nSPS) is 18.7. The lowest BCUT2D eigenvalue weighted by Gasteiger charge is -2.36. The van der Waals surface area contributed by atoms with Crippen LogP contribution in [0.5, 0.6) is 0 Å². The van der Waals surface area contributed by atoms with Crippen LogP contribution in [0.4, 0.5) is 5.69 Å². The average molecular weight is 377 g/mol. The monoisotopic (exact) mass is 376 g/mol. The highest BCUT2D eigenvalue weighted by atomic mass is 16.2. The van der Waals surface area contributed by atoms with E-state index in [2.05, 4.69) is 62.8 Å². The molecule has 5 nitrogen and oxygen atoms in total. The number of carbonyl (C=O) groups excluding carboxylic acids is 1. The molecular formula is C23H28N4O. The quantitative estimate of drug-likeness (QED) is 0.816. The molecule has 0 atom stereocenters. The third-order valence-electron chi connectivity index (χ3n) is 5.65. The van der Waals surface area contributed by atoms with Gasteiger partial charge in [0.05, 0.1) is 5.71 Å². The van der Waals surface area contributed by atoms with Gasteiger partial charge in [-0.15, -0.1) is 0 Å². The molecule has 28 heavy (non-hydrogen) atoms. The Hall–Kier alpha value is -2.66. The summed E-state index contributed by atoms with van der Waals surface area (Å²) in [4.78, 5) is 17.0. The maximum Gasteiger partial charge on any atom is 0.241 e. The van der Waals surface area contributed by atoms with Gasteiger partial charge in [-0.2, -0.15) is 5.10 Å². The van der Waals surface area contributed by atoms with E-state index in [4.69, 9.17) is 0 Å². The van der Waals surface area contributed by atoms with Crippen LogP contribution in [0.1, 0.15) is 30.4 Å². The van der Waals surface area contributed by atoms with Crippen LogP contribution in [0.25, 0.3) is 0 Å². The summed E-state index contributed by atoms with van der Waals surface area (Å²) in [6, 6.07) is 18.9. The molecule has 2 aromatic carbocycles. The van der Waals surface area contributed by atoms with Gasteiger partial charge in [-0.25, -0.2) is 5.43 Å². The third-order valence-corrected chi connectivity index (χ3v) is 5.65. The predicted molar refractivity (Wildman–Crippen MR) is 114 cm³/mol. The lowest BCUT2D eigenvalue weighted by molar-refractivity contribution is -0.121. The van der Waals surface area contributed by atoms with Crippen molar-refractivity contribution in [3.8, 4) is 0 Å². The Morgan fingerprint density at radius 2 is 1.68 bits per heavy atom. The van der Waals surface area contributed by atoms with E-state index in [1.165, 1.54) is 16.8 Å². The average Bonchev–Trinajstić information content (AvgIpc) is 2.77. The molecule has 1 N–H and O–H groups in total. The zero-order valence-corrected chi connectivity index (χ0v) is 16.3. The first kappa shape index (κ1) is 18.7. The number of anilines is 1. The van der Waals surface area contributed by atoms with Gasteiger partial charge in [0.25, 0.3) is 0 Å². The number of piperazine rings is 1. The van der Waals surface area contributed by atoms with Gasteiger partial charge in [0.2, 0.25) is 5.91 Å². The van der Waals surface area contributed by atoms with Crippen LogP contribution in [-0.2, 0) is 11.2 Å². The molecule has 0 spiro atoms. The van der Waals surface area contributed by atoms with Gasteiger partial charge in [-0.3, -0.25) is 9.69 Å². The maximum absolute atomic E-state index is 12.3. The molecule has 1 aliphatic heterocycles. The molecule has 2 aromatic rings. The van der Waals surface area contributed by atoms with Crippen molar-refractivity contribution in [3.05, 3.63) is 65.7 Å². The largest absolute Gasteiger partial charge is 0.369 e. The Kier molecular flexibility index (Phi) is 6.02. The molecule has 1 heterocycles. The zero-order valence-electron chi connectivity index (χ0n) is 16.3. The number of fused-ring (bicyclic) bond motifs is 1. The first-order chi connectivity index (χ1) is 13.8. The number of hydrazone groups is 1. The van der Waals surface area contributed by atoms with E-state index in [-0.39, 0.29) is 5.91 Å². The van der Waals surface area contributed by atoms with E-state index in [1.807, 2.05) is 12.1 Å². The van der Waals surface area contributed by atoms with Gasteiger partial charge in [0, 0.05) is 50.4 Å². The molecule has 1 saturated heterocycles. The third kappa shape index (κ3) is 4.60. The zero-order chi connectivity index (χ0) is 19.2. The van der Waals surface area contributed by atoms with Gasteiger partial charge in [0.15, 0.2) is 0 Å².